The molecule has 3 unspecified atom stereocenters. The lowest BCUT2D eigenvalue weighted by molar-refractivity contribution is -0.145. The van der Waals surface area contributed by atoms with E-state index in [1.165, 1.54) is 51.4 Å². The lowest BCUT2D eigenvalue weighted by Gasteiger charge is -2.17. The van der Waals surface area contributed by atoms with Crippen molar-refractivity contribution in [1.29, 1.82) is 0 Å². The Morgan fingerprint density at radius 2 is 1.58 bits per heavy atom. The fraction of sp³-hybridized carbons (Fsp3) is 0.864. The second kappa shape index (κ2) is 11.5. The Balaban J connectivity index is 1.28. The highest BCUT2D eigenvalue weighted by Crippen LogP contribution is 2.43. The van der Waals surface area contributed by atoms with E-state index in [1.54, 1.807) is 0 Å². The third-order valence-electron chi connectivity index (χ3n) is 5.65. The maximum Gasteiger partial charge on any atom is 0.322 e. The van der Waals surface area contributed by atoms with Crippen LogP contribution in [0.4, 0.5) is 0 Å². The van der Waals surface area contributed by atoms with Crippen LogP contribution in [0.15, 0.2) is 12.2 Å². The minimum atomic E-state index is -0.565. The zero-order valence-corrected chi connectivity index (χ0v) is 18.3. The van der Waals surface area contributed by atoms with E-state index in [-0.39, 0.29) is 5.97 Å². The first-order chi connectivity index (χ1) is 12.5. The largest absolute Gasteiger partial charge is 0.465 e. The first-order valence-electron chi connectivity index (χ1n) is 10.6. The van der Waals surface area contributed by atoms with E-state index in [0.29, 0.717) is 6.61 Å². The predicted octanol–water partition coefficient (Wildman–Crippen LogP) is 6.05. The number of halogens is 1. The summed E-state index contributed by atoms with van der Waals surface area (Å²) in [6.45, 7) is 6.09. The van der Waals surface area contributed by atoms with Crippen molar-refractivity contribution in [3.8, 4) is 0 Å². The number of unbranched alkanes of at least 4 members (excludes halogenated alkanes) is 7. The van der Waals surface area contributed by atoms with Gasteiger partial charge in [0.1, 0.15) is 4.32 Å². The van der Waals surface area contributed by atoms with Crippen LogP contribution in [-0.4, -0.2) is 30.1 Å². The van der Waals surface area contributed by atoms with Crippen molar-refractivity contribution in [3.63, 3.8) is 0 Å². The van der Waals surface area contributed by atoms with E-state index >= 15 is 0 Å². The average Bonchev–Trinajstić information content (AvgIpc) is 3.21. The molecule has 1 saturated carbocycles. The van der Waals surface area contributed by atoms with Crippen LogP contribution in [0, 0.1) is 17.8 Å². The molecule has 26 heavy (non-hydrogen) atoms. The number of carbonyl (C=O) groups is 1. The summed E-state index contributed by atoms with van der Waals surface area (Å²) in [6.07, 6.45) is 17.3. The van der Waals surface area contributed by atoms with Gasteiger partial charge in [-0.25, -0.2) is 0 Å². The summed E-state index contributed by atoms with van der Waals surface area (Å²) in [6, 6.07) is 0. The summed E-state index contributed by atoms with van der Waals surface area (Å²) in [7, 11) is 0. The van der Waals surface area contributed by atoms with Gasteiger partial charge < -0.3 is 9.47 Å². The molecular formula is C22H37BrO3. The van der Waals surface area contributed by atoms with Crippen LogP contribution in [0.1, 0.15) is 78.1 Å². The number of ether oxygens (including phenoxy) is 2. The van der Waals surface area contributed by atoms with E-state index in [2.05, 4.69) is 28.1 Å². The number of hydrogen-bond donors (Lipinski definition) is 0. The molecule has 0 N–H and O–H groups in total. The SMILES string of the molecule is CC(C)(Br)C(=O)OCCCCCCCCCCOCC1CC2C=CC1C2. The van der Waals surface area contributed by atoms with Crippen molar-refractivity contribution < 1.29 is 14.3 Å². The molecule has 4 heteroatoms. The van der Waals surface area contributed by atoms with Gasteiger partial charge in [-0.2, -0.15) is 0 Å². The zero-order valence-electron chi connectivity index (χ0n) is 16.7. The van der Waals surface area contributed by atoms with Gasteiger partial charge in [-0.05, 0) is 57.3 Å². The lowest BCUT2D eigenvalue weighted by Crippen LogP contribution is -2.26. The first-order valence-corrected chi connectivity index (χ1v) is 11.4. The molecule has 0 heterocycles. The van der Waals surface area contributed by atoms with Crippen molar-refractivity contribution in [2.45, 2.75) is 82.4 Å². The van der Waals surface area contributed by atoms with Crippen LogP contribution in [0.2, 0.25) is 0 Å². The average molecular weight is 429 g/mol. The Labute approximate surface area is 168 Å². The number of hydrogen-bond acceptors (Lipinski definition) is 3. The molecule has 2 aliphatic carbocycles. The molecule has 2 rings (SSSR count). The molecule has 0 aromatic carbocycles. The van der Waals surface area contributed by atoms with Gasteiger partial charge in [0, 0.05) is 13.2 Å². The Kier molecular flexibility index (Phi) is 9.69. The van der Waals surface area contributed by atoms with Crippen molar-refractivity contribution in [3.05, 3.63) is 12.2 Å². The summed E-state index contributed by atoms with van der Waals surface area (Å²) in [5.74, 6) is 2.30. The third-order valence-corrected chi connectivity index (χ3v) is 5.97. The molecule has 3 nitrogen and oxygen atoms in total. The number of esters is 1. The minimum Gasteiger partial charge on any atom is -0.465 e. The Hall–Kier alpha value is -0.350. The maximum atomic E-state index is 11.6. The summed E-state index contributed by atoms with van der Waals surface area (Å²) in [5, 5.41) is 0. The zero-order chi connectivity index (χ0) is 18.8. The minimum absolute atomic E-state index is 0.170. The Morgan fingerprint density at radius 3 is 2.12 bits per heavy atom. The molecule has 2 aliphatic rings. The normalized spacial score (nSPS) is 24.3. The van der Waals surface area contributed by atoms with E-state index in [0.717, 1.165) is 43.8 Å². The first kappa shape index (κ1) is 21.9. The second-order valence-corrected chi connectivity index (χ2v) is 10.5. The van der Waals surface area contributed by atoms with Crippen molar-refractivity contribution in [1.82, 2.24) is 0 Å². The van der Waals surface area contributed by atoms with E-state index in [4.69, 9.17) is 9.47 Å². The fourth-order valence-corrected chi connectivity index (χ4v) is 4.14. The van der Waals surface area contributed by atoms with E-state index in [1.807, 2.05) is 13.8 Å². The number of alkyl halides is 1. The van der Waals surface area contributed by atoms with Crippen LogP contribution in [0.3, 0.4) is 0 Å². The van der Waals surface area contributed by atoms with Crippen LogP contribution in [0.25, 0.3) is 0 Å². The van der Waals surface area contributed by atoms with Gasteiger partial charge in [0.2, 0.25) is 0 Å². The molecule has 0 aliphatic heterocycles. The van der Waals surface area contributed by atoms with Crippen LogP contribution in [0.5, 0.6) is 0 Å². The Morgan fingerprint density at radius 1 is 0.962 bits per heavy atom. The molecule has 0 aromatic heterocycles. The summed E-state index contributed by atoms with van der Waals surface area (Å²) >= 11 is 3.32. The van der Waals surface area contributed by atoms with E-state index < -0.39 is 4.32 Å². The molecule has 150 valence electrons. The number of allylic oxidation sites excluding steroid dienone is 2. The monoisotopic (exact) mass is 428 g/mol. The highest BCUT2D eigenvalue weighted by atomic mass is 79.9. The quantitative estimate of drug-likeness (QED) is 0.146. The molecule has 2 bridgehead atoms. The second-order valence-electron chi connectivity index (χ2n) is 8.55. The molecule has 3 atom stereocenters. The molecule has 0 spiro atoms. The van der Waals surface area contributed by atoms with E-state index in [9.17, 15) is 4.79 Å². The maximum absolute atomic E-state index is 11.6. The highest BCUT2D eigenvalue weighted by molar-refractivity contribution is 9.10. The molecule has 0 saturated heterocycles. The van der Waals surface area contributed by atoms with Crippen LogP contribution in [-0.2, 0) is 14.3 Å². The molecule has 0 aromatic rings. The van der Waals surface area contributed by atoms with Gasteiger partial charge >= 0.3 is 5.97 Å². The molecular weight excluding hydrogens is 392 g/mol. The third kappa shape index (κ3) is 8.12. The van der Waals surface area contributed by atoms with Crippen molar-refractivity contribution in [2.24, 2.45) is 17.8 Å². The topological polar surface area (TPSA) is 35.5 Å². The van der Waals surface area contributed by atoms with Crippen LogP contribution < -0.4 is 0 Å². The van der Waals surface area contributed by atoms with Gasteiger partial charge in [-0.15, -0.1) is 0 Å². The molecule has 0 amide bonds. The molecule has 1 fully saturated rings. The van der Waals surface area contributed by atoms with Gasteiger partial charge in [0.15, 0.2) is 0 Å². The van der Waals surface area contributed by atoms with Crippen molar-refractivity contribution in [2.75, 3.05) is 19.8 Å². The van der Waals surface area contributed by atoms with Gasteiger partial charge in [-0.3, -0.25) is 4.79 Å². The number of carbonyl (C=O) groups excluding carboxylic acids is 1. The summed E-state index contributed by atoms with van der Waals surface area (Å²) in [4.78, 5) is 11.6. The summed E-state index contributed by atoms with van der Waals surface area (Å²) < 4.78 is 10.6. The Bertz CT molecular complexity index is 441. The summed E-state index contributed by atoms with van der Waals surface area (Å²) in [5.41, 5.74) is 0. The lowest BCUT2D eigenvalue weighted by atomic mass is 9.95. The smallest absolute Gasteiger partial charge is 0.322 e. The highest BCUT2D eigenvalue weighted by Gasteiger charge is 2.35. The fourth-order valence-electron chi connectivity index (χ4n) is 4.02. The predicted molar refractivity (Wildman–Crippen MR) is 111 cm³/mol. The van der Waals surface area contributed by atoms with Crippen LogP contribution >= 0.6 is 15.9 Å². The van der Waals surface area contributed by atoms with Gasteiger partial charge in [0.05, 0.1) is 6.61 Å². The standard InChI is InChI=1S/C22H37BrO3/c1-22(2,23)21(24)26-14-10-8-6-4-3-5-7-9-13-25-17-20-16-18-11-12-19(20)15-18/h11-12,18-20H,3-10,13-17H2,1-2H3. The number of rotatable bonds is 14. The molecule has 0 radical (unpaired) electrons. The van der Waals surface area contributed by atoms with Crippen molar-refractivity contribution >= 4 is 21.9 Å². The van der Waals surface area contributed by atoms with Gasteiger partial charge in [-0.1, -0.05) is 66.6 Å². The number of fused-ring (bicyclic) bond motifs is 2. The van der Waals surface area contributed by atoms with Gasteiger partial charge in [0.25, 0.3) is 0 Å².